The Bertz CT molecular complexity index is 778. The zero-order chi connectivity index (χ0) is 15.8. The molecule has 0 unspecified atom stereocenters. The first-order chi connectivity index (χ1) is 11.2. The van der Waals surface area contributed by atoms with E-state index in [4.69, 9.17) is 0 Å². The van der Waals surface area contributed by atoms with Crippen LogP contribution in [0.2, 0.25) is 0 Å². The Morgan fingerprint density at radius 2 is 1.91 bits per heavy atom. The van der Waals surface area contributed by atoms with Gasteiger partial charge < -0.3 is 9.80 Å². The molecule has 5 nitrogen and oxygen atoms in total. The number of likely N-dealkylation sites (N-methyl/N-ethyl adjacent to an activating group) is 1. The van der Waals surface area contributed by atoms with E-state index in [0.717, 1.165) is 53.9 Å². The summed E-state index contributed by atoms with van der Waals surface area (Å²) < 4.78 is 14.8. The van der Waals surface area contributed by atoms with Crippen LogP contribution in [0.15, 0.2) is 30.5 Å². The van der Waals surface area contributed by atoms with Crippen molar-refractivity contribution in [2.24, 2.45) is 0 Å². The Balaban J connectivity index is 1.60. The fraction of sp³-hybridized carbons (Fsp3) is 0.375. The van der Waals surface area contributed by atoms with Gasteiger partial charge in [-0.2, -0.15) is 0 Å². The topological polar surface area (TPSA) is 36.7 Å². The van der Waals surface area contributed by atoms with Crippen LogP contribution in [0, 0.1) is 5.82 Å². The largest absolute Gasteiger partial charge is 0.345 e. The van der Waals surface area contributed by atoms with Crippen molar-refractivity contribution >= 4 is 21.4 Å². The number of hydrogen-bond acceptors (Lipinski definition) is 5. The molecular weight excluding hydrogens is 313 g/mol. The lowest BCUT2D eigenvalue weighted by Gasteiger charge is -2.18. The molecule has 0 bridgehead atoms. The number of nitrogens with zero attached hydrogens (tertiary/aromatic N) is 5. The summed E-state index contributed by atoms with van der Waals surface area (Å²) in [6.07, 6.45) is 3.06. The summed E-state index contributed by atoms with van der Waals surface area (Å²) >= 11 is 1.61. The van der Waals surface area contributed by atoms with Crippen LogP contribution in [0.1, 0.15) is 6.42 Å². The molecule has 7 heteroatoms. The Labute approximate surface area is 138 Å². The van der Waals surface area contributed by atoms with Crippen LogP contribution < -0.4 is 4.90 Å². The van der Waals surface area contributed by atoms with E-state index in [1.807, 2.05) is 10.7 Å². The lowest BCUT2D eigenvalue weighted by molar-refractivity contribution is 0.360. The normalized spacial score (nSPS) is 16.9. The number of halogens is 1. The number of anilines is 1. The van der Waals surface area contributed by atoms with Gasteiger partial charge in [-0.1, -0.05) is 11.3 Å². The van der Waals surface area contributed by atoms with E-state index < -0.39 is 0 Å². The number of fused-ring (bicyclic) bond motifs is 1. The molecule has 4 rings (SSSR count). The maximum Gasteiger partial charge on any atom is 0.214 e. The quantitative estimate of drug-likeness (QED) is 0.723. The van der Waals surface area contributed by atoms with Crippen molar-refractivity contribution in [1.82, 2.24) is 19.5 Å². The van der Waals surface area contributed by atoms with Crippen molar-refractivity contribution in [2.45, 2.75) is 6.42 Å². The monoisotopic (exact) mass is 331 g/mol. The summed E-state index contributed by atoms with van der Waals surface area (Å²) in [7, 11) is 2.16. The highest BCUT2D eigenvalue weighted by molar-refractivity contribution is 7.20. The molecule has 1 aliphatic heterocycles. The molecule has 23 heavy (non-hydrogen) atoms. The van der Waals surface area contributed by atoms with Crippen LogP contribution in [-0.2, 0) is 0 Å². The SMILES string of the molecule is CN1CCCN(c2nn3cc(-c4ccc(F)cc4)nc3s2)CC1. The van der Waals surface area contributed by atoms with E-state index in [2.05, 4.69) is 26.9 Å². The van der Waals surface area contributed by atoms with E-state index in [0.29, 0.717) is 0 Å². The standard InChI is InChI=1S/C16H18FN5S/c1-20-7-2-8-21(10-9-20)16-19-22-11-14(18-15(22)23-16)12-3-5-13(17)6-4-12/h3-6,11H,2,7-10H2,1H3. The summed E-state index contributed by atoms with van der Waals surface area (Å²) in [5.74, 6) is -0.235. The van der Waals surface area contributed by atoms with Gasteiger partial charge in [0.25, 0.3) is 0 Å². The molecular formula is C16H18FN5S. The Hall–Kier alpha value is -1.99. The van der Waals surface area contributed by atoms with Crippen LogP contribution >= 0.6 is 11.3 Å². The van der Waals surface area contributed by atoms with Crippen LogP contribution in [0.4, 0.5) is 9.52 Å². The highest BCUT2D eigenvalue weighted by atomic mass is 32.1. The minimum atomic E-state index is -0.235. The van der Waals surface area contributed by atoms with Crippen LogP contribution in [0.3, 0.4) is 0 Å². The minimum absolute atomic E-state index is 0.235. The van der Waals surface area contributed by atoms with Gasteiger partial charge in [0.2, 0.25) is 10.1 Å². The van der Waals surface area contributed by atoms with Crippen molar-refractivity contribution < 1.29 is 4.39 Å². The second kappa shape index (κ2) is 5.90. The first kappa shape index (κ1) is 14.6. The smallest absolute Gasteiger partial charge is 0.214 e. The summed E-state index contributed by atoms with van der Waals surface area (Å²) in [4.78, 5) is 10.2. The number of rotatable bonds is 2. The van der Waals surface area contributed by atoms with Crippen molar-refractivity contribution in [3.05, 3.63) is 36.3 Å². The predicted molar refractivity (Wildman–Crippen MR) is 90.6 cm³/mol. The first-order valence-corrected chi connectivity index (χ1v) is 8.56. The van der Waals surface area contributed by atoms with Crippen molar-refractivity contribution in [2.75, 3.05) is 38.1 Å². The fourth-order valence-corrected chi connectivity index (χ4v) is 3.75. The molecule has 0 amide bonds. The number of aromatic nitrogens is 3. The molecule has 0 aliphatic carbocycles. The molecule has 1 aliphatic rings. The lowest BCUT2D eigenvalue weighted by atomic mass is 10.2. The third kappa shape index (κ3) is 2.94. The van der Waals surface area contributed by atoms with Crippen LogP contribution in [0.5, 0.6) is 0 Å². The highest BCUT2D eigenvalue weighted by Crippen LogP contribution is 2.27. The van der Waals surface area contributed by atoms with Crippen molar-refractivity contribution in [3.8, 4) is 11.3 Å². The molecule has 0 spiro atoms. The third-order valence-electron chi connectivity index (χ3n) is 4.16. The van der Waals surface area contributed by atoms with Gasteiger partial charge in [-0.05, 0) is 44.3 Å². The number of benzene rings is 1. The van der Waals surface area contributed by atoms with E-state index in [1.54, 1.807) is 23.5 Å². The van der Waals surface area contributed by atoms with Gasteiger partial charge in [0.1, 0.15) is 5.82 Å². The predicted octanol–water partition coefficient (Wildman–Crippen LogP) is 2.74. The van der Waals surface area contributed by atoms with E-state index >= 15 is 0 Å². The van der Waals surface area contributed by atoms with Crippen molar-refractivity contribution in [1.29, 1.82) is 0 Å². The summed E-state index contributed by atoms with van der Waals surface area (Å²) in [5, 5.41) is 5.69. The fourth-order valence-electron chi connectivity index (χ4n) is 2.81. The zero-order valence-electron chi connectivity index (χ0n) is 12.9. The molecule has 1 saturated heterocycles. The molecule has 1 aromatic carbocycles. The zero-order valence-corrected chi connectivity index (χ0v) is 13.8. The molecule has 0 N–H and O–H groups in total. The van der Waals surface area contributed by atoms with E-state index in [9.17, 15) is 4.39 Å². The molecule has 0 saturated carbocycles. The van der Waals surface area contributed by atoms with Crippen LogP contribution in [0.25, 0.3) is 16.2 Å². The molecule has 1 fully saturated rings. The Morgan fingerprint density at radius 1 is 1.09 bits per heavy atom. The van der Waals surface area contributed by atoms with E-state index in [-0.39, 0.29) is 5.82 Å². The third-order valence-corrected chi connectivity index (χ3v) is 5.15. The maximum atomic E-state index is 13.0. The lowest BCUT2D eigenvalue weighted by Crippen LogP contribution is -2.28. The minimum Gasteiger partial charge on any atom is -0.345 e. The molecule has 0 radical (unpaired) electrons. The average molecular weight is 331 g/mol. The maximum absolute atomic E-state index is 13.0. The van der Waals surface area contributed by atoms with E-state index in [1.165, 1.54) is 12.1 Å². The molecule has 3 aromatic rings. The second-order valence-electron chi connectivity index (χ2n) is 5.89. The van der Waals surface area contributed by atoms with Gasteiger partial charge in [-0.15, -0.1) is 5.10 Å². The average Bonchev–Trinajstić information content (AvgIpc) is 3.03. The molecule has 120 valence electrons. The van der Waals surface area contributed by atoms with Gasteiger partial charge in [0.15, 0.2) is 0 Å². The molecule has 0 atom stereocenters. The summed E-state index contributed by atoms with van der Waals surface area (Å²) in [6, 6.07) is 6.39. The Morgan fingerprint density at radius 3 is 2.70 bits per heavy atom. The highest BCUT2D eigenvalue weighted by Gasteiger charge is 2.17. The van der Waals surface area contributed by atoms with Crippen LogP contribution in [-0.4, -0.2) is 52.7 Å². The first-order valence-electron chi connectivity index (χ1n) is 7.75. The summed E-state index contributed by atoms with van der Waals surface area (Å²) in [5.41, 5.74) is 1.73. The summed E-state index contributed by atoms with van der Waals surface area (Å²) in [6.45, 7) is 4.22. The van der Waals surface area contributed by atoms with Gasteiger partial charge in [-0.25, -0.2) is 13.9 Å². The number of imidazole rings is 1. The second-order valence-corrected chi connectivity index (χ2v) is 6.82. The molecule has 2 aromatic heterocycles. The van der Waals surface area contributed by atoms with Crippen molar-refractivity contribution in [3.63, 3.8) is 0 Å². The van der Waals surface area contributed by atoms with Gasteiger partial charge in [0, 0.05) is 25.2 Å². The Kier molecular flexibility index (Phi) is 3.74. The van der Waals surface area contributed by atoms with Gasteiger partial charge >= 0.3 is 0 Å². The molecule has 3 heterocycles. The number of hydrogen-bond donors (Lipinski definition) is 0. The van der Waals surface area contributed by atoms with Gasteiger partial charge in [-0.3, -0.25) is 0 Å². The van der Waals surface area contributed by atoms with Gasteiger partial charge in [0.05, 0.1) is 11.9 Å².